The lowest BCUT2D eigenvalue weighted by molar-refractivity contribution is 0.278. The van der Waals surface area contributed by atoms with E-state index in [1.165, 1.54) is 0 Å². The van der Waals surface area contributed by atoms with Crippen molar-refractivity contribution in [2.75, 3.05) is 6.61 Å². The Kier molecular flexibility index (Phi) is 4.61. The Hall–Kier alpha value is -0.770. The molecule has 11 heavy (non-hydrogen) atoms. The van der Waals surface area contributed by atoms with Gasteiger partial charge in [-0.15, -0.1) is 17.0 Å². The van der Waals surface area contributed by atoms with Crippen molar-refractivity contribution in [2.24, 2.45) is 0 Å². The Balaban J connectivity index is 0.000001000. The van der Waals surface area contributed by atoms with Crippen LogP contribution in [0.25, 0.3) is 5.88 Å². The van der Waals surface area contributed by atoms with Crippen molar-refractivity contribution in [2.45, 2.75) is 6.92 Å². The largest absolute Gasteiger partial charge is 0.479 e. The second-order valence-electron chi connectivity index (χ2n) is 1.80. The van der Waals surface area contributed by atoms with Crippen LogP contribution in [-0.4, -0.2) is 16.2 Å². The summed E-state index contributed by atoms with van der Waals surface area (Å²) in [5.74, 6) is 0.611. The minimum atomic E-state index is 0. The Bertz CT molecular complexity index is 208. The molecule has 1 aromatic rings. The second-order valence-corrected chi connectivity index (χ2v) is 1.80. The summed E-state index contributed by atoms with van der Waals surface area (Å²) in [6, 6.07) is 0. The number of aromatic nitrogens is 2. The molecule has 1 rings (SSSR count). The van der Waals surface area contributed by atoms with Gasteiger partial charge in [0.15, 0.2) is 5.88 Å². The average Bonchev–Trinajstić information content (AvgIpc) is 2.38. The fourth-order valence-electron chi connectivity index (χ4n) is 0.648. The van der Waals surface area contributed by atoms with E-state index < -0.39 is 0 Å². The third kappa shape index (κ3) is 2.76. The van der Waals surface area contributed by atoms with Gasteiger partial charge in [-0.25, -0.2) is 4.98 Å². The molecule has 62 valence electrons. The summed E-state index contributed by atoms with van der Waals surface area (Å²) in [4.78, 5) is 3.85. The summed E-state index contributed by atoms with van der Waals surface area (Å²) in [5.41, 5.74) is 0. The summed E-state index contributed by atoms with van der Waals surface area (Å²) < 4.78 is 6.84. The van der Waals surface area contributed by atoms with E-state index in [0.29, 0.717) is 12.5 Å². The first kappa shape index (κ1) is 10.2. The molecule has 1 aromatic heterocycles. The summed E-state index contributed by atoms with van der Waals surface area (Å²) in [6.07, 6.45) is 5.13. The Morgan fingerprint density at radius 1 is 1.73 bits per heavy atom. The van der Waals surface area contributed by atoms with Gasteiger partial charge in [0.1, 0.15) is 6.33 Å². The number of hydrogen-bond donors (Lipinski definition) is 0. The van der Waals surface area contributed by atoms with Crippen molar-refractivity contribution in [1.82, 2.24) is 9.55 Å². The fraction of sp³-hybridized carbons (Fsp3) is 0.286. The van der Waals surface area contributed by atoms with Crippen molar-refractivity contribution >= 4 is 22.9 Å². The molecule has 0 bridgehead atoms. The monoisotopic (exact) mass is 218 g/mol. The van der Waals surface area contributed by atoms with Gasteiger partial charge < -0.3 is 4.74 Å². The van der Waals surface area contributed by atoms with Crippen LogP contribution in [0.1, 0.15) is 6.92 Å². The maximum absolute atomic E-state index is 5.11. The first-order valence-corrected chi connectivity index (χ1v) is 3.14. The van der Waals surface area contributed by atoms with Gasteiger partial charge in [0, 0.05) is 12.4 Å². The smallest absolute Gasteiger partial charge is 0.191 e. The van der Waals surface area contributed by atoms with Crippen LogP contribution in [0.3, 0.4) is 0 Å². The van der Waals surface area contributed by atoms with Gasteiger partial charge in [0.2, 0.25) is 0 Å². The highest BCUT2D eigenvalue weighted by Crippen LogP contribution is 2.00. The Labute approximate surface area is 76.5 Å². The van der Waals surface area contributed by atoms with Crippen LogP contribution in [0.15, 0.2) is 25.3 Å². The molecular formula is C7H11BrN2O. The third-order valence-electron chi connectivity index (χ3n) is 1.10. The molecule has 3 nitrogen and oxygen atoms in total. The fourth-order valence-corrected chi connectivity index (χ4v) is 0.648. The molecule has 0 N–H and O–H groups in total. The topological polar surface area (TPSA) is 27.1 Å². The number of imidazole rings is 1. The molecule has 0 amide bonds. The van der Waals surface area contributed by atoms with Crippen LogP contribution < -0.4 is 0 Å². The van der Waals surface area contributed by atoms with Crippen LogP contribution in [0.2, 0.25) is 0 Å². The van der Waals surface area contributed by atoms with E-state index in [-0.39, 0.29) is 17.0 Å². The van der Waals surface area contributed by atoms with Crippen molar-refractivity contribution in [3.05, 3.63) is 25.3 Å². The molecule has 0 radical (unpaired) electrons. The minimum Gasteiger partial charge on any atom is -0.479 e. The van der Waals surface area contributed by atoms with E-state index in [2.05, 4.69) is 11.6 Å². The highest BCUT2D eigenvalue weighted by molar-refractivity contribution is 8.93. The highest BCUT2D eigenvalue weighted by Gasteiger charge is 1.92. The van der Waals surface area contributed by atoms with Crippen LogP contribution >= 0.6 is 17.0 Å². The predicted octanol–water partition coefficient (Wildman–Crippen LogP) is 1.93. The van der Waals surface area contributed by atoms with E-state index in [9.17, 15) is 0 Å². The number of nitrogens with zero attached hydrogens (tertiary/aromatic N) is 2. The molecule has 0 saturated carbocycles. The van der Waals surface area contributed by atoms with Crippen molar-refractivity contribution < 1.29 is 4.74 Å². The summed E-state index contributed by atoms with van der Waals surface area (Å²) in [7, 11) is 0. The molecule has 1 heterocycles. The van der Waals surface area contributed by atoms with Gasteiger partial charge in [-0.1, -0.05) is 0 Å². The van der Waals surface area contributed by atoms with Crippen molar-refractivity contribution in [3.63, 3.8) is 0 Å². The molecule has 0 atom stereocenters. The van der Waals surface area contributed by atoms with E-state index in [4.69, 9.17) is 4.74 Å². The number of halogens is 1. The second kappa shape index (κ2) is 4.96. The average molecular weight is 219 g/mol. The lowest BCUT2D eigenvalue weighted by Crippen LogP contribution is -1.96. The zero-order valence-corrected chi connectivity index (χ0v) is 8.07. The van der Waals surface area contributed by atoms with E-state index in [1.807, 2.05) is 6.92 Å². The standard InChI is InChI=1S/C7H10N2O.BrH/c1-3-10-7(2)9-5-4-8-6-9;/h4-6H,2-3H2,1H3;1H. The van der Waals surface area contributed by atoms with E-state index >= 15 is 0 Å². The van der Waals surface area contributed by atoms with E-state index in [0.717, 1.165) is 0 Å². The molecule has 0 aliphatic heterocycles. The van der Waals surface area contributed by atoms with Crippen LogP contribution in [0, 0.1) is 0 Å². The molecule has 4 heteroatoms. The molecule has 0 aliphatic carbocycles. The van der Waals surface area contributed by atoms with Crippen LogP contribution in [-0.2, 0) is 4.74 Å². The summed E-state index contributed by atoms with van der Waals surface area (Å²) in [6.45, 7) is 6.24. The first-order chi connectivity index (χ1) is 4.84. The van der Waals surface area contributed by atoms with Crippen molar-refractivity contribution in [1.29, 1.82) is 0 Å². The number of ether oxygens (including phenoxy) is 1. The lowest BCUT2D eigenvalue weighted by atomic mass is 10.7. The quantitative estimate of drug-likeness (QED) is 0.726. The highest BCUT2D eigenvalue weighted by atomic mass is 79.9. The summed E-state index contributed by atoms with van der Waals surface area (Å²) in [5, 5.41) is 0. The molecule has 0 saturated heterocycles. The number of rotatable bonds is 3. The molecule has 0 aliphatic rings. The normalized spacial score (nSPS) is 8.45. The first-order valence-electron chi connectivity index (χ1n) is 3.14. The Morgan fingerprint density at radius 2 is 2.45 bits per heavy atom. The van der Waals surface area contributed by atoms with Gasteiger partial charge in [0.05, 0.1) is 6.61 Å². The third-order valence-corrected chi connectivity index (χ3v) is 1.10. The molecule has 0 aromatic carbocycles. The van der Waals surface area contributed by atoms with Gasteiger partial charge in [-0.2, -0.15) is 0 Å². The minimum absolute atomic E-state index is 0. The molecule has 0 spiro atoms. The summed E-state index contributed by atoms with van der Waals surface area (Å²) >= 11 is 0. The lowest BCUT2D eigenvalue weighted by Gasteiger charge is -2.05. The zero-order valence-electron chi connectivity index (χ0n) is 6.36. The maximum Gasteiger partial charge on any atom is 0.191 e. The molecule has 0 unspecified atom stereocenters. The number of hydrogen-bond acceptors (Lipinski definition) is 2. The van der Waals surface area contributed by atoms with Crippen molar-refractivity contribution in [3.8, 4) is 0 Å². The van der Waals surface area contributed by atoms with Crippen LogP contribution in [0.5, 0.6) is 0 Å². The van der Waals surface area contributed by atoms with Gasteiger partial charge in [0.25, 0.3) is 0 Å². The maximum atomic E-state index is 5.11. The van der Waals surface area contributed by atoms with Gasteiger partial charge in [-0.05, 0) is 13.5 Å². The predicted molar refractivity (Wildman–Crippen MR) is 49.5 cm³/mol. The van der Waals surface area contributed by atoms with Gasteiger partial charge >= 0.3 is 0 Å². The van der Waals surface area contributed by atoms with E-state index in [1.54, 1.807) is 23.3 Å². The Morgan fingerprint density at radius 3 is 2.91 bits per heavy atom. The molecular weight excluding hydrogens is 208 g/mol. The zero-order chi connectivity index (χ0) is 7.40. The molecule has 0 fully saturated rings. The van der Waals surface area contributed by atoms with Crippen LogP contribution in [0.4, 0.5) is 0 Å². The van der Waals surface area contributed by atoms with Gasteiger partial charge in [-0.3, -0.25) is 4.57 Å². The SMILES string of the molecule is Br.C=C(OCC)n1ccnc1.